The molecule has 10 heteroatoms. The van der Waals surface area contributed by atoms with Gasteiger partial charge in [-0.15, -0.1) is 0 Å². The van der Waals surface area contributed by atoms with Crippen molar-refractivity contribution < 1.29 is 23.0 Å². The van der Waals surface area contributed by atoms with Crippen molar-refractivity contribution in [3.8, 4) is 0 Å². The third-order valence-corrected chi connectivity index (χ3v) is 4.45. The number of nitro benzene ring substituents is 2. The van der Waals surface area contributed by atoms with Crippen molar-refractivity contribution in [3.05, 3.63) is 105 Å². The summed E-state index contributed by atoms with van der Waals surface area (Å²) in [6.45, 7) is 3.07. The number of halogens is 3. The van der Waals surface area contributed by atoms with Crippen LogP contribution >= 0.6 is 0 Å². The molecule has 158 valence electrons. The number of non-ortho nitro benzene ring substituents is 2. The van der Waals surface area contributed by atoms with Gasteiger partial charge in [-0.2, -0.15) is 13.2 Å². The molecule has 0 atom stereocenters. The minimum Gasteiger partial charge on any atom is -0.310 e. The fourth-order valence-corrected chi connectivity index (χ4v) is 2.87. The van der Waals surface area contributed by atoms with Crippen molar-refractivity contribution in [3.63, 3.8) is 0 Å². The Labute approximate surface area is 174 Å². The Kier molecular flexibility index (Phi) is 5.73. The van der Waals surface area contributed by atoms with Gasteiger partial charge in [-0.05, 0) is 42.0 Å². The van der Waals surface area contributed by atoms with Gasteiger partial charge in [0, 0.05) is 41.3 Å². The van der Waals surface area contributed by atoms with Crippen molar-refractivity contribution in [1.29, 1.82) is 0 Å². The Morgan fingerprint density at radius 3 is 1.32 bits per heavy atom. The first-order chi connectivity index (χ1) is 14.6. The van der Waals surface area contributed by atoms with Gasteiger partial charge in [0.15, 0.2) is 0 Å². The summed E-state index contributed by atoms with van der Waals surface area (Å²) < 4.78 is 38.7. The van der Waals surface area contributed by atoms with E-state index in [9.17, 15) is 33.4 Å². The van der Waals surface area contributed by atoms with E-state index in [2.05, 4.69) is 6.58 Å². The van der Waals surface area contributed by atoms with Crippen molar-refractivity contribution in [1.82, 2.24) is 0 Å². The van der Waals surface area contributed by atoms with Crippen LogP contribution in [0.15, 0.2) is 79.4 Å². The molecule has 0 fully saturated rings. The van der Waals surface area contributed by atoms with E-state index in [4.69, 9.17) is 0 Å². The van der Waals surface area contributed by atoms with E-state index in [0.717, 1.165) is 0 Å². The number of alkyl halides is 3. The van der Waals surface area contributed by atoms with E-state index in [-0.39, 0.29) is 16.9 Å². The number of nitrogens with zero attached hydrogens (tertiary/aromatic N) is 3. The Bertz CT molecular complexity index is 1070. The van der Waals surface area contributed by atoms with Crippen LogP contribution in [0.4, 0.5) is 41.6 Å². The van der Waals surface area contributed by atoms with Gasteiger partial charge in [-0.1, -0.05) is 18.7 Å². The van der Waals surface area contributed by atoms with Gasteiger partial charge >= 0.3 is 6.18 Å². The molecule has 3 aromatic rings. The molecule has 0 aromatic heterocycles. The summed E-state index contributed by atoms with van der Waals surface area (Å²) >= 11 is 0. The molecule has 0 amide bonds. The molecule has 0 unspecified atom stereocenters. The first-order valence-electron chi connectivity index (χ1n) is 8.73. The van der Waals surface area contributed by atoms with Gasteiger partial charge in [0.25, 0.3) is 11.4 Å². The third-order valence-electron chi connectivity index (χ3n) is 4.45. The second-order valence-electron chi connectivity index (χ2n) is 6.41. The normalized spacial score (nSPS) is 11.1. The summed E-state index contributed by atoms with van der Waals surface area (Å²) in [7, 11) is 0. The minimum atomic E-state index is -4.57. The van der Waals surface area contributed by atoms with Crippen molar-refractivity contribution in [2.45, 2.75) is 6.18 Å². The van der Waals surface area contributed by atoms with Gasteiger partial charge in [0.2, 0.25) is 0 Å². The molecule has 0 spiro atoms. The highest BCUT2D eigenvalue weighted by atomic mass is 19.4. The first-order valence-corrected chi connectivity index (χ1v) is 8.73. The maximum absolute atomic E-state index is 12.9. The summed E-state index contributed by atoms with van der Waals surface area (Å²) in [5.41, 5.74) is 0.0263. The lowest BCUT2D eigenvalue weighted by molar-refractivity contribution is -0.385. The quantitative estimate of drug-likeness (QED) is 0.327. The van der Waals surface area contributed by atoms with Crippen LogP contribution in [-0.2, 0) is 0 Å². The summed E-state index contributed by atoms with van der Waals surface area (Å²) in [4.78, 5) is 22.4. The molecular formula is C21H14F3N3O4. The van der Waals surface area contributed by atoms with Crippen LogP contribution < -0.4 is 4.90 Å². The number of hydrogen-bond acceptors (Lipinski definition) is 5. The molecule has 0 bridgehead atoms. The van der Waals surface area contributed by atoms with Crippen LogP contribution in [0.1, 0.15) is 5.56 Å². The molecule has 0 saturated heterocycles. The summed E-state index contributed by atoms with van der Waals surface area (Å²) in [5.74, 6) is 0. The van der Waals surface area contributed by atoms with Gasteiger partial charge in [0.1, 0.15) is 0 Å². The van der Waals surface area contributed by atoms with Gasteiger partial charge in [-0.25, -0.2) is 0 Å². The topological polar surface area (TPSA) is 89.5 Å². The summed E-state index contributed by atoms with van der Waals surface area (Å²) in [6, 6.07) is 16.4. The van der Waals surface area contributed by atoms with E-state index < -0.39 is 21.6 Å². The fraction of sp³-hybridized carbons (Fsp3) is 0.0476. The maximum Gasteiger partial charge on any atom is 0.416 e. The van der Waals surface area contributed by atoms with Crippen LogP contribution in [0.25, 0.3) is 5.57 Å². The largest absolute Gasteiger partial charge is 0.416 e. The predicted molar refractivity (Wildman–Crippen MR) is 110 cm³/mol. The van der Waals surface area contributed by atoms with Gasteiger partial charge in [-0.3, -0.25) is 20.2 Å². The van der Waals surface area contributed by atoms with Crippen LogP contribution in [-0.4, -0.2) is 16.0 Å². The molecule has 0 aliphatic rings. The predicted octanol–water partition coefficient (Wildman–Crippen LogP) is 6.55. The number of anilines is 3. The number of hydrogen-bond donors (Lipinski definition) is 0. The van der Waals surface area contributed by atoms with Crippen molar-refractivity contribution in [2.75, 3.05) is 4.90 Å². The Morgan fingerprint density at radius 2 is 1.03 bits per heavy atom. The zero-order valence-corrected chi connectivity index (χ0v) is 15.7. The number of rotatable bonds is 6. The van der Waals surface area contributed by atoms with Crippen LogP contribution in [0.5, 0.6) is 0 Å². The second-order valence-corrected chi connectivity index (χ2v) is 6.41. The molecule has 0 radical (unpaired) electrons. The zero-order valence-electron chi connectivity index (χ0n) is 15.7. The molecule has 3 aromatic carbocycles. The van der Waals surface area contributed by atoms with Crippen molar-refractivity contribution >= 4 is 34.0 Å². The Morgan fingerprint density at radius 1 is 0.710 bits per heavy atom. The maximum atomic E-state index is 12.9. The Hall–Kier alpha value is -4.21. The van der Waals surface area contributed by atoms with Gasteiger partial charge in [0.05, 0.1) is 15.4 Å². The summed E-state index contributed by atoms with van der Waals surface area (Å²) in [6.07, 6.45) is -4.57. The molecule has 0 saturated carbocycles. The van der Waals surface area contributed by atoms with Gasteiger partial charge < -0.3 is 4.90 Å². The van der Waals surface area contributed by atoms with E-state index in [0.29, 0.717) is 17.1 Å². The number of nitro groups is 2. The highest BCUT2D eigenvalue weighted by molar-refractivity contribution is 5.79. The fourth-order valence-electron chi connectivity index (χ4n) is 2.87. The van der Waals surface area contributed by atoms with E-state index in [1.165, 1.54) is 72.8 Å². The lowest BCUT2D eigenvalue weighted by Crippen LogP contribution is -2.11. The molecule has 31 heavy (non-hydrogen) atoms. The average molecular weight is 429 g/mol. The average Bonchev–Trinajstić information content (AvgIpc) is 2.74. The highest BCUT2D eigenvalue weighted by Gasteiger charge is 2.32. The molecule has 0 aliphatic heterocycles. The smallest absolute Gasteiger partial charge is 0.310 e. The van der Waals surface area contributed by atoms with E-state index >= 15 is 0 Å². The zero-order chi connectivity index (χ0) is 22.8. The lowest BCUT2D eigenvalue weighted by Gasteiger charge is -2.25. The SMILES string of the molecule is C=C(c1ccc(N(c2ccc([N+](=O)[O-])cc2)c2ccc([N+](=O)[O-])cc2)cc1)C(F)(F)F. The monoisotopic (exact) mass is 429 g/mol. The molecule has 3 rings (SSSR count). The molecule has 0 N–H and O–H groups in total. The van der Waals surface area contributed by atoms with Crippen molar-refractivity contribution in [2.24, 2.45) is 0 Å². The Balaban J connectivity index is 2.06. The van der Waals surface area contributed by atoms with Crippen LogP contribution in [0, 0.1) is 20.2 Å². The third kappa shape index (κ3) is 4.69. The molecule has 0 heterocycles. The van der Waals surface area contributed by atoms with E-state index in [1.807, 2.05) is 0 Å². The van der Waals surface area contributed by atoms with E-state index in [1.54, 1.807) is 4.90 Å². The standard InChI is InChI=1S/C21H14F3N3O4/c1-14(21(22,23)24)15-2-4-16(5-3-15)25(17-6-10-19(11-7-17)26(28)29)18-8-12-20(13-9-18)27(30)31/h2-13H,1H2. The van der Waals surface area contributed by atoms with Crippen LogP contribution in [0.3, 0.4) is 0 Å². The minimum absolute atomic E-state index is 0.108. The molecule has 7 nitrogen and oxygen atoms in total. The molecular weight excluding hydrogens is 415 g/mol. The second kappa shape index (κ2) is 8.27. The number of benzene rings is 3. The summed E-state index contributed by atoms with van der Waals surface area (Å²) in [5, 5.41) is 21.9. The highest BCUT2D eigenvalue weighted by Crippen LogP contribution is 2.38. The molecule has 0 aliphatic carbocycles. The van der Waals surface area contributed by atoms with Crippen LogP contribution in [0.2, 0.25) is 0 Å². The lowest BCUT2D eigenvalue weighted by atomic mass is 10.1. The first kappa shape index (κ1) is 21.5. The number of allylic oxidation sites excluding steroid dienone is 1.